The van der Waals surface area contributed by atoms with Gasteiger partial charge < -0.3 is 19.1 Å². The van der Waals surface area contributed by atoms with Gasteiger partial charge >= 0.3 is 0 Å². The molecule has 22 heavy (non-hydrogen) atoms. The lowest BCUT2D eigenvalue weighted by molar-refractivity contribution is -0.136. The van der Waals surface area contributed by atoms with Crippen LogP contribution in [0.5, 0.6) is 5.75 Å². The SMILES string of the molecule is COCCOC1CCN(C(=O)COc2ccc(C)cc2)CC1. The first-order chi connectivity index (χ1) is 10.7. The smallest absolute Gasteiger partial charge is 0.260 e. The molecule has 0 aliphatic carbocycles. The van der Waals surface area contributed by atoms with Crippen molar-refractivity contribution in [2.75, 3.05) is 40.0 Å². The van der Waals surface area contributed by atoms with Crippen molar-refractivity contribution in [1.29, 1.82) is 0 Å². The van der Waals surface area contributed by atoms with Crippen LogP contribution in [-0.4, -0.2) is 56.9 Å². The lowest BCUT2D eigenvalue weighted by Gasteiger charge is -2.31. The summed E-state index contributed by atoms with van der Waals surface area (Å²) >= 11 is 0. The number of likely N-dealkylation sites (tertiary alicyclic amines) is 1. The Morgan fingerprint density at radius 3 is 2.50 bits per heavy atom. The number of carbonyl (C=O) groups is 1. The normalized spacial score (nSPS) is 15.8. The fourth-order valence-electron chi connectivity index (χ4n) is 2.44. The number of methoxy groups -OCH3 is 1. The number of rotatable bonds is 7. The molecule has 1 amide bonds. The van der Waals surface area contributed by atoms with Gasteiger partial charge in [0.25, 0.3) is 5.91 Å². The third-order valence-electron chi connectivity index (χ3n) is 3.82. The zero-order valence-electron chi connectivity index (χ0n) is 13.4. The third-order valence-corrected chi connectivity index (χ3v) is 3.82. The molecule has 0 bridgehead atoms. The minimum atomic E-state index is 0.0379. The second-order valence-corrected chi connectivity index (χ2v) is 5.55. The lowest BCUT2D eigenvalue weighted by Crippen LogP contribution is -2.43. The fraction of sp³-hybridized carbons (Fsp3) is 0.588. The summed E-state index contributed by atoms with van der Waals surface area (Å²) in [6.07, 6.45) is 1.98. The zero-order chi connectivity index (χ0) is 15.8. The Labute approximate surface area is 132 Å². The number of benzene rings is 1. The lowest BCUT2D eigenvalue weighted by atomic mass is 10.1. The van der Waals surface area contributed by atoms with E-state index < -0.39 is 0 Å². The van der Waals surface area contributed by atoms with Gasteiger partial charge in [-0.15, -0.1) is 0 Å². The number of ether oxygens (including phenoxy) is 3. The number of carbonyl (C=O) groups excluding carboxylic acids is 1. The van der Waals surface area contributed by atoms with Crippen LogP contribution in [0.25, 0.3) is 0 Å². The van der Waals surface area contributed by atoms with E-state index in [9.17, 15) is 4.79 Å². The average molecular weight is 307 g/mol. The molecule has 0 unspecified atom stereocenters. The van der Waals surface area contributed by atoms with Crippen molar-refractivity contribution < 1.29 is 19.0 Å². The summed E-state index contributed by atoms with van der Waals surface area (Å²) in [7, 11) is 1.67. The van der Waals surface area contributed by atoms with E-state index in [0.717, 1.165) is 31.7 Å². The number of nitrogens with zero attached hydrogens (tertiary/aromatic N) is 1. The van der Waals surface area contributed by atoms with E-state index in [1.54, 1.807) is 7.11 Å². The molecule has 1 heterocycles. The second kappa shape index (κ2) is 8.76. The summed E-state index contributed by atoms with van der Waals surface area (Å²) in [5, 5.41) is 0. The molecular weight excluding hydrogens is 282 g/mol. The maximum absolute atomic E-state index is 12.1. The Morgan fingerprint density at radius 2 is 1.86 bits per heavy atom. The minimum Gasteiger partial charge on any atom is -0.484 e. The van der Waals surface area contributed by atoms with Crippen LogP contribution in [0.2, 0.25) is 0 Å². The quantitative estimate of drug-likeness (QED) is 0.723. The van der Waals surface area contributed by atoms with E-state index in [1.807, 2.05) is 36.1 Å². The molecule has 0 N–H and O–H groups in total. The van der Waals surface area contributed by atoms with Gasteiger partial charge in [0.05, 0.1) is 19.3 Å². The number of hydrogen-bond donors (Lipinski definition) is 0. The number of piperidine rings is 1. The molecule has 1 saturated heterocycles. The zero-order valence-corrected chi connectivity index (χ0v) is 13.4. The van der Waals surface area contributed by atoms with Gasteiger partial charge in [0, 0.05) is 20.2 Å². The van der Waals surface area contributed by atoms with Gasteiger partial charge in [-0.05, 0) is 31.9 Å². The Hall–Kier alpha value is -1.59. The molecule has 1 aliphatic heterocycles. The number of amides is 1. The molecule has 1 aromatic carbocycles. The fourth-order valence-corrected chi connectivity index (χ4v) is 2.44. The maximum Gasteiger partial charge on any atom is 0.260 e. The standard InChI is InChI=1S/C17H25NO4/c1-14-3-5-15(6-4-14)22-13-17(19)18-9-7-16(8-10-18)21-12-11-20-2/h3-6,16H,7-13H2,1-2H3. The molecule has 0 saturated carbocycles. The van der Waals surface area contributed by atoms with Gasteiger partial charge in [0.1, 0.15) is 5.75 Å². The van der Waals surface area contributed by atoms with E-state index in [2.05, 4.69) is 0 Å². The van der Waals surface area contributed by atoms with Crippen molar-refractivity contribution in [2.24, 2.45) is 0 Å². The van der Waals surface area contributed by atoms with Crippen LogP contribution in [0.4, 0.5) is 0 Å². The van der Waals surface area contributed by atoms with Crippen molar-refractivity contribution in [3.63, 3.8) is 0 Å². The Morgan fingerprint density at radius 1 is 1.18 bits per heavy atom. The van der Waals surface area contributed by atoms with E-state index in [1.165, 1.54) is 5.56 Å². The highest BCUT2D eigenvalue weighted by atomic mass is 16.5. The summed E-state index contributed by atoms with van der Waals surface area (Å²) < 4.78 is 16.2. The topological polar surface area (TPSA) is 48.0 Å². The molecule has 0 aromatic heterocycles. The molecule has 5 heteroatoms. The van der Waals surface area contributed by atoms with E-state index in [4.69, 9.17) is 14.2 Å². The van der Waals surface area contributed by atoms with Gasteiger partial charge in [-0.3, -0.25) is 4.79 Å². The highest BCUT2D eigenvalue weighted by Gasteiger charge is 2.23. The van der Waals surface area contributed by atoms with Crippen molar-refractivity contribution in [2.45, 2.75) is 25.9 Å². The minimum absolute atomic E-state index is 0.0379. The van der Waals surface area contributed by atoms with Gasteiger partial charge in [-0.25, -0.2) is 0 Å². The van der Waals surface area contributed by atoms with Crippen molar-refractivity contribution >= 4 is 5.91 Å². The molecule has 122 valence electrons. The Balaban J connectivity index is 1.67. The van der Waals surface area contributed by atoms with E-state index in [-0.39, 0.29) is 18.6 Å². The van der Waals surface area contributed by atoms with Gasteiger partial charge in [-0.1, -0.05) is 17.7 Å². The summed E-state index contributed by atoms with van der Waals surface area (Å²) in [5.41, 5.74) is 1.18. The summed E-state index contributed by atoms with van der Waals surface area (Å²) in [5.74, 6) is 0.771. The molecule has 2 rings (SSSR count). The molecule has 1 aliphatic rings. The Kier molecular flexibility index (Phi) is 6.68. The van der Waals surface area contributed by atoms with Crippen molar-refractivity contribution in [1.82, 2.24) is 4.90 Å². The van der Waals surface area contributed by atoms with Crippen LogP contribution in [0.3, 0.4) is 0 Å². The third kappa shape index (κ3) is 5.31. The number of aryl methyl sites for hydroxylation is 1. The first kappa shape index (κ1) is 16.8. The van der Waals surface area contributed by atoms with Crippen molar-refractivity contribution in [3.05, 3.63) is 29.8 Å². The highest BCUT2D eigenvalue weighted by molar-refractivity contribution is 5.77. The van der Waals surface area contributed by atoms with Crippen LogP contribution in [0.1, 0.15) is 18.4 Å². The van der Waals surface area contributed by atoms with Crippen LogP contribution in [-0.2, 0) is 14.3 Å². The monoisotopic (exact) mass is 307 g/mol. The summed E-state index contributed by atoms with van der Waals surface area (Å²) in [4.78, 5) is 14.0. The van der Waals surface area contributed by atoms with Gasteiger partial charge in [-0.2, -0.15) is 0 Å². The molecular formula is C17H25NO4. The van der Waals surface area contributed by atoms with Crippen LogP contribution >= 0.6 is 0 Å². The molecule has 5 nitrogen and oxygen atoms in total. The predicted molar refractivity (Wildman–Crippen MR) is 84.1 cm³/mol. The molecule has 1 fully saturated rings. The largest absolute Gasteiger partial charge is 0.484 e. The molecule has 1 aromatic rings. The average Bonchev–Trinajstić information content (AvgIpc) is 2.55. The van der Waals surface area contributed by atoms with E-state index >= 15 is 0 Å². The first-order valence-corrected chi connectivity index (χ1v) is 7.77. The summed E-state index contributed by atoms with van der Waals surface area (Å²) in [6.45, 7) is 4.81. The second-order valence-electron chi connectivity index (χ2n) is 5.55. The van der Waals surface area contributed by atoms with E-state index in [0.29, 0.717) is 13.2 Å². The van der Waals surface area contributed by atoms with Crippen LogP contribution < -0.4 is 4.74 Å². The molecule has 0 atom stereocenters. The van der Waals surface area contributed by atoms with Crippen molar-refractivity contribution in [3.8, 4) is 5.75 Å². The van der Waals surface area contributed by atoms with Crippen LogP contribution in [0, 0.1) is 6.92 Å². The molecule has 0 radical (unpaired) electrons. The highest BCUT2D eigenvalue weighted by Crippen LogP contribution is 2.15. The maximum atomic E-state index is 12.1. The van der Waals surface area contributed by atoms with Gasteiger partial charge in [0.2, 0.25) is 0 Å². The van der Waals surface area contributed by atoms with Crippen LogP contribution in [0.15, 0.2) is 24.3 Å². The van der Waals surface area contributed by atoms with Gasteiger partial charge in [0.15, 0.2) is 6.61 Å². The summed E-state index contributed by atoms with van der Waals surface area (Å²) in [6, 6.07) is 7.72. The Bertz CT molecular complexity index is 452. The first-order valence-electron chi connectivity index (χ1n) is 7.77. The number of hydrogen-bond acceptors (Lipinski definition) is 4. The predicted octanol–water partition coefficient (Wildman–Crippen LogP) is 2.03. The molecule has 0 spiro atoms.